The molecular weight excluding hydrogens is 140 g/mol. The molecular formula is C9H18O2. The number of hydrogen-bond donors (Lipinski definition) is 0. The Morgan fingerprint density at radius 2 is 2.09 bits per heavy atom. The number of hydrogen-bond acceptors (Lipinski definition) is 2. The van der Waals surface area contributed by atoms with Gasteiger partial charge in [-0.2, -0.15) is 0 Å². The fourth-order valence-electron chi connectivity index (χ4n) is 1.08. The zero-order valence-corrected chi connectivity index (χ0v) is 8.10. The molecule has 0 aromatic rings. The molecule has 0 aliphatic carbocycles. The van der Waals surface area contributed by atoms with Gasteiger partial charge in [0.15, 0.2) is 5.78 Å². The van der Waals surface area contributed by atoms with Crippen LogP contribution in [0.4, 0.5) is 0 Å². The topological polar surface area (TPSA) is 26.3 Å². The SMILES string of the molecule is CCC(C)C(C)(OC)C(C)=O. The van der Waals surface area contributed by atoms with Crippen LogP contribution in [0.15, 0.2) is 0 Å². The summed E-state index contributed by atoms with van der Waals surface area (Å²) in [6.45, 7) is 7.52. The van der Waals surface area contributed by atoms with Gasteiger partial charge in [-0.05, 0) is 19.8 Å². The predicted octanol–water partition coefficient (Wildman–Crippen LogP) is 2.03. The molecule has 0 radical (unpaired) electrons. The molecule has 0 heterocycles. The van der Waals surface area contributed by atoms with E-state index in [1.54, 1.807) is 14.0 Å². The highest BCUT2D eigenvalue weighted by Gasteiger charge is 2.34. The molecule has 0 fully saturated rings. The van der Waals surface area contributed by atoms with E-state index in [2.05, 4.69) is 6.92 Å². The number of carbonyl (C=O) groups is 1. The Balaban J connectivity index is 4.45. The molecule has 0 amide bonds. The Bertz CT molecular complexity index is 142. The van der Waals surface area contributed by atoms with E-state index >= 15 is 0 Å². The first-order chi connectivity index (χ1) is 4.99. The molecule has 0 bridgehead atoms. The van der Waals surface area contributed by atoms with Crippen LogP contribution in [0.25, 0.3) is 0 Å². The molecule has 2 unspecified atom stereocenters. The van der Waals surface area contributed by atoms with Gasteiger partial charge >= 0.3 is 0 Å². The lowest BCUT2D eigenvalue weighted by molar-refractivity contribution is -0.142. The predicted molar refractivity (Wildman–Crippen MR) is 45.6 cm³/mol. The van der Waals surface area contributed by atoms with Crippen LogP contribution < -0.4 is 0 Å². The first-order valence-electron chi connectivity index (χ1n) is 4.05. The summed E-state index contributed by atoms with van der Waals surface area (Å²) >= 11 is 0. The van der Waals surface area contributed by atoms with Crippen molar-refractivity contribution in [1.29, 1.82) is 0 Å². The Morgan fingerprint density at radius 3 is 2.18 bits per heavy atom. The summed E-state index contributed by atoms with van der Waals surface area (Å²) in [4.78, 5) is 11.2. The van der Waals surface area contributed by atoms with Crippen LogP contribution in [0, 0.1) is 5.92 Å². The highest BCUT2D eigenvalue weighted by Crippen LogP contribution is 2.24. The van der Waals surface area contributed by atoms with Crippen molar-refractivity contribution in [3.63, 3.8) is 0 Å². The van der Waals surface area contributed by atoms with Crippen molar-refractivity contribution in [2.75, 3.05) is 7.11 Å². The first kappa shape index (κ1) is 10.6. The quantitative estimate of drug-likeness (QED) is 0.625. The molecule has 0 aliphatic heterocycles. The summed E-state index contributed by atoms with van der Waals surface area (Å²) in [5.41, 5.74) is -0.589. The molecule has 11 heavy (non-hydrogen) atoms. The fourth-order valence-corrected chi connectivity index (χ4v) is 1.08. The lowest BCUT2D eigenvalue weighted by atomic mass is 9.85. The highest BCUT2D eigenvalue weighted by molar-refractivity contribution is 5.84. The summed E-state index contributed by atoms with van der Waals surface area (Å²) < 4.78 is 5.20. The molecule has 0 saturated carbocycles. The number of carbonyl (C=O) groups excluding carboxylic acids is 1. The smallest absolute Gasteiger partial charge is 0.161 e. The Labute approximate surface area is 68.9 Å². The number of methoxy groups -OCH3 is 1. The van der Waals surface area contributed by atoms with Gasteiger partial charge < -0.3 is 4.74 Å². The van der Waals surface area contributed by atoms with Crippen LogP contribution in [0.2, 0.25) is 0 Å². The van der Waals surface area contributed by atoms with Gasteiger partial charge in [-0.25, -0.2) is 0 Å². The van der Waals surface area contributed by atoms with Crippen LogP contribution in [-0.2, 0) is 9.53 Å². The zero-order valence-electron chi connectivity index (χ0n) is 8.10. The largest absolute Gasteiger partial charge is 0.370 e. The highest BCUT2D eigenvalue weighted by atomic mass is 16.5. The number of ether oxygens (including phenoxy) is 1. The summed E-state index contributed by atoms with van der Waals surface area (Å²) in [7, 11) is 1.59. The van der Waals surface area contributed by atoms with Crippen molar-refractivity contribution in [2.24, 2.45) is 5.92 Å². The van der Waals surface area contributed by atoms with Crippen LogP contribution in [0.3, 0.4) is 0 Å². The van der Waals surface area contributed by atoms with Crippen molar-refractivity contribution in [2.45, 2.75) is 39.7 Å². The average molecular weight is 158 g/mol. The second kappa shape index (κ2) is 3.86. The zero-order chi connectivity index (χ0) is 9.07. The minimum absolute atomic E-state index is 0.106. The van der Waals surface area contributed by atoms with E-state index in [0.29, 0.717) is 0 Å². The van der Waals surface area contributed by atoms with Gasteiger partial charge in [-0.3, -0.25) is 4.79 Å². The number of rotatable bonds is 4. The fraction of sp³-hybridized carbons (Fsp3) is 0.889. The van der Waals surface area contributed by atoms with E-state index in [1.807, 2.05) is 13.8 Å². The third kappa shape index (κ3) is 2.03. The van der Waals surface area contributed by atoms with Crippen molar-refractivity contribution < 1.29 is 9.53 Å². The minimum Gasteiger partial charge on any atom is -0.370 e. The molecule has 0 aliphatic rings. The van der Waals surface area contributed by atoms with Crippen LogP contribution in [-0.4, -0.2) is 18.5 Å². The second-order valence-electron chi connectivity index (χ2n) is 3.18. The second-order valence-corrected chi connectivity index (χ2v) is 3.18. The van der Waals surface area contributed by atoms with E-state index in [-0.39, 0.29) is 11.7 Å². The average Bonchev–Trinajstić information content (AvgIpc) is 2.01. The minimum atomic E-state index is -0.589. The van der Waals surface area contributed by atoms with Gasteiger partial charge in [0.2, 0.25) is 0 Å². The third-order valence-electron chi connectivity index (χ3n) is 2.68. The van der Waals surface area contributed by atoms with Gasteiger partial charge in [0.1, 0.15) is 5.60 Å². The van der Waals surface area contributed by atoms with Gasteiger partial charge in [0.25, 0.3) is 0 Å². The van der Waals surface area contributed by atoms with Crippen LogP contribution >= 0.6 is 0 Å². The third-order valence-corrected chi connectivity index (χ3v) is 2.68. The van der Waals surface area contributed by atoms with Crippen molar-refractivity contribution >= 4 is 5.78 Å². The molecule has 2 heteroatoms. The molecule has 0 aromatic carbocycles. The summed E-state index contributed by atoms with van der Waals surface area (Å²) in [5, 5.41) is 0. The first-order valence-corrected chi connectivity index (χ1v) is 4.05. The maximum Gasteiger partial charge on any atom is 0.161 e. The lowest BCUT2D eigenvalue weighted by Gasteiger charge is -2.30. The maximum atomic E-state index is 11.2. The Kier molecular flexibility index (Phi) is 3.73. The Hall–Kier alpha value is -0.370. The van der Waals surface area contributed by atoms with Crippen LogP contribution in [0.5, 0.6) is 0 Å². The summed E-state index contributed by atoms with van der Waals surface area (Å²) in [6.07, 6.45) is 0.962. The molecule has 0 aromatic heterocycles. The van der Waals surface area contributed by atoms with Crippen molar-refractivity contribution in [1.82, 2.24) is 0 Å². The number of Topliss-reactive ketones (excluding diaryl/α,β-unsaturated/α-hetero) is 1. The van der Waals surface area contributed by atoms with Gasteiger partial charge in [0.05, 0.1) is 0 Å². The molecule has 2 nitrogen and oxygen atoms in total. The lowest BCUT2D eigenvalue weighted by Crippen LogP contribution is -2.42. The van der Waals surface area contributed by atoms with Crippen LogP contribution in [0.1, 0.15) is 34.1 Å². The molecule has 0 rings (SSSR count). The summed E-state index contributed by atoms with van der Waals surface area (Å²) in [6, 6.07) is 0. The van der Waals surface area contributed by atoms with Crippen molar-refractivity contribution in [3.8, 4) is 0 Å². The van der Waals surface area contributed by atoms with Crippen molar-refractivity contribution in [3.05, 3.63) is 0 Å². The molecule has 66 valence electrons. The van der Waals surface area contributed by atoms with E-state index in [1.165, 1.54) is 0 Å². The van der Waals surface area contributed by atoms with Gasteiger partial charge in [-0.15, -0.1) is 0 Å². The molecule has 0 saturated heterocycles. The van der Waals surface area contributed by atoms with Gasteiger partial charge in [0, 0.05) is 7.11 Å². The van der Waals surface area contributed by atoms with Gasteiger partial charge in [-0.1, -0.05) is 20.3 Å². The van der Waals surface area contributed by atoms with E-state index in [0.717, 1.165) is 6.42 Å². The normalized spacial score (nSPS) is 19.0. The standard InChI is InChI=1S/C9H18O2/c1-6-7(2)9(4,11-5)8(3)10/h7H,6H2,1-5H3. The van der Waals surface area contributed by atoms with E-state index in [4.69, 9.17) is 4.74 Å². The maximum absolute atomic E-state index is 11.2. The molecule has 0 spiro atoms. The van der Waals surface area contributed by atoms with E-state index < -0.39 is 5.60 Å². The monoisotopic (exact) mass is 158 g/mol. The molecule has 0 N–H and O–H groups in total. The number of ketones is 1. The van der Waals surface area contributed by atoms with E-state index in [9.17, 15) is 4.79 Å². The summed E-state index contributed by atoms with van der Waals surface area (Å²) in [5.74, 6) is 0.388. The Morgan fingerprint density at radius 1 is 1.64 bits per heavy atom. The molecule has 2 atom stereocenters.